The third kappa shape index (κ3) is 7.51. The number of carbonyl (C=O) groups is 1. The van der Waals surface area contributed by atoms with Crippen LogP contribution in [0.5, 0.6) is 11.5 Å². The molecule has 8 nitrogen and oxygen atoms in total. The van der Waals surface area contributed by atoms with E-state index in [1.54, 1.807) is 73.6 Å². The Morgan fingerprint density at radius 1 is 0.857 bits per heavy atom. The molecule has 0 aromatic heterocycles. The summed E-state index contributed by atoms with van der Waals surface area (Å²) in [5.41, 5.74) is -0.852. The summed E-state index contributed by atoms with van der Waals surface area (Å²) in [6.45, 7) is 12.9. The molecule has 35 heavy (non-hydrogen) atoms. The van der Waals surface area contributed by atoms with Gasteiger partial charge in [-0.15, -0.1) is 0 Å². The number of aliphatic hydroxyl groups is 2. The summed E-state index contributed by atoms with van der Waals surface area (Å²) < 4.78 is 46.9. The Balaban J connectivity index is 2.34. The molecule has 0 spiro atoms. The van der Waals surface area contributed by atoms with Crippen molar-refractivity contribution < 1.29 is 37.5 Å². The number of carbonyl (C=O) groups excluding carboxylic acids is 1. The predicted molar refractivity (Wildman–Crippen MR) is 131 cm³/mol. The van der Waals surface area contributed by atoms with E-state index in [4.69, 9.17) is 9.47 Å². The molecule has 2 aromatic rings. The molecule has 0 bridgehead atoms. The van der Waals surface area contributed by atoms with Crippen LogP contribution >= 0.6 is 0 Å². The van der Waals surface area contributed by atoms with E-state index in [1.165, 1.54) is 12.1 Å². The van der Waals surface area contributed by atoms with E-state index >= 15 is 0 Å². The maximum absolute atomic E-state index is 12.6. The summed E-state index contributed by atoms with van der Waals surface area (Å²) in [5.74, 6) is -0.972. The highest BCUT2D eigenvalue weighted by Gasteiger charge is 2.24. The van der Waals surface area contributed by atoms with Crippen LogP contribution in [0.4, 0.5) is 0 Å². The van der Waals surface area contributed by atoms with Crippen LogP contribution < -0.4 is 9.47 Å². The van der Waals surface area contributed by atoms with Crippen LogP contribution in [0.1, 0.15) is 89.5 Å². The summed E-state index contributed by atoms with van der Waals surface area (Å²) in [4.78, 5) is 12.3. The van der Waals surface area contributed by atoms with E-state index in [9.17, 15) is 28.0 Å². The molecule has 0 amide bonds. The molecule has 0 aliphatic rings. The van der Waals surface area contributed by atoms with Crippen LogP contribution in [0.25, 0.3) is 0 Å². The lowest BCUT2D eigenvalue weighted by atomic mass is 9.90. The zero-order valence-corrected chi connectivity index (χ0v) is 22.3. The zero-order valence-electron chi connectivity index (χ0n) is 21.5. The summed E-state index contributed by atoms with van der Waals surface area (Å²) >= 11 is 0. The summed E-state index contributed by atoms with van der Waals surface area (Å²) in [6, 6.07) is 7.59. The molecule has 2 aromatic carbocycles. The van der Waals surface area contributed by atoms with Crippen molar-refractivity contribution in [3.63, 3.8) is 0 Å². The minimum absolute atomic E-state index is 0.112. The fourth-order valence-electron chi connectivity index (χ4n) is 3.54. The Morgan fingerprint density at radius 3 is 1.63 bits per heavy atom. The van der Waals surface area contributed by atoms with Gasteiger partial charge in [0, 0.05) is 0 Å². The Hall–Kier alpha value is -2.46. The van der Waals surface area contributed by atoms with Gasteiger partial charge < -0.3 is 24.2 Å². The summed E-state index contributed by atoms with van der Waals surface area (Å²) in [7, 11) is -4.73. The van der Waals surface area contributed by atoms with E-state index in [-0.39, 0.29) is 39.4 Å². The summed E-state index contributed by atoms with van der Waals surface area (Å²) in [5, 5.41) is 20.8. The zero-order chi connectivity index (χ0) is 26.9. The van der Waals surface area contributed by atoms with Crippen LogP contribution in [0.2, 0.25) is 0 Å². The van der Waals surface area contributed by atoms with E-state index in [0.717, 1.165) is 0 Å². The van der Waals surface area contributed by atoms with Crippen molar-refractivity contribution in [2.45, 2.75) is 83.3 Å². The molecule has 0 heterocycles. The number of esters is 1. The summed E-state index contributed by atoms with van der Waals surface area (Å²) in [6.07, 6.45) is 0. The smallest absolute Gasteiger partial charge is 0.349 e. The standard InChI is InChI=1S/C26H36O8S/c1-15(2)21-12-20(13-22(16(3)4)24(21)35(30,31)32)34-23(27)14-33-19-10-17(25(5,6)28)9-18(11-19)26(7,8)29/h9-13,15-16,28-29H,14H2,1-8H3,(H,30,31,32)/p-1. The normalized spacial score (nSPS) is 12.8. The molecule has 0 radical (unpaired) electrons. The van der Waals surface area contributed by atoms with Gasteiger partial charge in [-0.25, -0.2) is 13.2 Å². The lowest BCUT2D eigenvalue weighted by Gasteiger charge is -2.24. The van der Waals surface area contributed by atoms with E-state index in [2.05, 4.69) is 0 Å². The Bertz CT molecular complexity index is 1120. The van der Waals surface area contributed by atoms with Gasteiger partial charge in [-0.2, -0.15) is 0 Å². The largest absolute Gasteiger partial charge is 0.744 e. The molecule has 0 fully saturated rings. The maximum Gasteiger partial charge on any atom is 0.349 e. The number of rotatable bonds is 9. The lowest BCUT2D eigenvalue weighted by Crippen LogP contribution is -2.22. The molecule has 9 heteroatoms. The fraction of sp³-hybridized carbons (Fsp3) is 0.500. The highest BCUT2D eigenvalue weighted by Crippen LogP contribution is 2.36. The number of hydrogen-bond acceptors (Lipinski definition) is 8. The van der Waals surface area contributed by atoms with E-state index in [1.807, 2.05) is 0 Å². The van der Waals surface area contributed by atoms with E-state index < -0.39 is 33.9 Å². The van der Waals surface area contributed by atoms with Gasteiger partial charge in [0.15, 0.2) is 6.61 Å². The molecule has 0 unspecified atom stereocenters. The van der Waals surface area contributed by atoms with Crippen LogP contribution in [0.3, 0.4) is 0 Å². The third-order valence-corrected chi connectivity index (χ3v) is 6.49. The fourth-order valence-corrected chi connectivity index (χ4v) is 4.71. The number of hydrogen-bond donors (Lipinski definition) is 2. The molecule has 2 rings (SSSR count). The molecule has 2 N–H and O–H groups in total. The monoisotopic (exact) mass is 507 g/mol. The quantitative estimate of drug-likeness (QED) is 0.292. The van der Waals surface area contributed by atoms with Crippen molar-refractivity contribution >= 4 is 16.1 Å². The average Bonchev–Trinajstić information content (AvgIpc) is 2.69. The van der Waals surface area contributed by atoms with Crippen LogP contribution in [0, 0.1) is 0 Å². The highest BCUT2D eigenvalue weighted by molar-refractivity contribution is 7.85. The van der Waals surface area contributed by atoms with Crippen molar-refractivity contribution in [1.29, 1.82) is 0 Å². The molecule has 0 atom stereocenters. The second-order valence-corrected chi connectivity index (χ2v) is 11.6. The van der Waals surface area contributed by atoms with Gasteiger partial charge in [-0.1, -0.05) is 27.7 Å². The van der Waals surface area contributed by atoms with Gasteiger partial charge in [-0.3, -0.25) is 0 Å². The third-order valence-electron chi connectivity index (χ3n) is 5.52. The van der Waals surface area contributed by atoms with Gasteiger partial charge in [0.1, 0.15) is 21.6 Å². The second kappa shape index (κ2) is 10.3. The minimum Gasteiger partial charge on any atom is -0.744 e. The first kappa shape index (κ1) is 28.8. The van der Waals surface area contributed by atoms with Crippen LogP contribution in [-0.2, 0) is 26.1 Å². The molecule has 0 aliphatic heterocycles. The predicted octanol–water partition coefficient (Wildman–Crippen LogP) is 4.28. The molecular formula is C26H35O8S-. The topological polar surface area (TPSA) is 133 Å². The first-order chi connectivity index (χ1) is 15.8. The Kier molecular flexibility index (Phi) is 8.44. The van der Waals surface area contributed by atoms with Gasteiger partial charge in [0.2, 0.25) is 0 Å². The number of benzene rings is 2. The molecule has 0 saturated carbocycles. The van der Waals surface area contributed by atoms with Crippen molar-refractivity contribution in [2.24, 2.45) is 0 Å². The van der Waals surface area contributed by atoms with Crippen molar-refractivity contribution in [3.05, 3.63) is 52.6 Å². The van der Waals surface area contributed by atoms with Gasteiger partial charge in [0.25, 0.3) is 0 Å². The lowest BCUT2D eigenvalue weighted by molar-refractivity contribution is -0.136. The second-order valence-electron chi connectivity index (χ2n) is 10.3. The molecule has 0 aliphatic carbocycles. The maximum atomic E-state index is 12.6. The average molecular weight is 508 g/mol. The van der Waals surface area contributed by atoms with Crippen molar-refractivity contribution in [3.8, 4) is 11.5 Å². The number of ether oxygens (including phenoxy) is 2. The van der Waals surface area contributed by atoms with Crippen molar-refractivity contribution in [2.75, 3.05) is 6.61 Å². The molecular weight excluding hydrogens is 472 g/mol. The van der Waals surface area contributed by atoms with Gasteiger partial charge in [0.05, 0.1) is 16.1 Å². The molecule has 0 saturated heterocycles. The SMILES string of the molecule is CC(C)c1cc(OC(=O)COc2cc(C(C)(C)O)cc(C(C)(C)O)c2)cc(C(C)C)c1S(=O)(=O)[O-]. The molecule has 194 valence electrons. The highest BCUT2D eigenvalue weighted by atomic mass is 32.2. The van der Waals surface area contributed by atoms with Crippen LogP contribution in [-0.4, -0.2) is 35.8 Å². The first-order valence-electron chi connectivity index (χ1n) is 11.4. The van der Waals surface area contributed by atoms with Crippen molar-refractivity contribution in [1.82, 2.24) is 0 Å². The first-order valence-corrected chi connectivity index (χ1v) is 12.8. The van der Waals surface area contributed by atoms with E-state index in [0.29, 0.717) is 11.1 Å². The van der Waals surface area contributed by atoms with Gasteiger partial charge in [-0.05, 0) is 92.1 Å². The Labute approximate surface area is 207 Å². The Morgan fingerprint density at radius 2 is 1.29 bits per heavy atom. The van der Waals surface area contributed by atoms with Gasteiger partial charge >= 0.3 is 5.97 Å². The minimum atomic E-state index is -4.73. The van der Waals surface area contributed by atoms with Crippen LogP contribution in [0.15, 0.2) is 35.2 Å².